The molecule has 0 aliphatic carbocycles. The summed E-state index contributed by atoms with van der Waals surface area (Å²) < 4.78 is 5.66. The van der Waals surface area contributed by atoms with Crippen LogP contribution in [0, 0.1) is 0 Å². The number of hydrogen-bond acceptors (Lipinski definition) is 5. The SMILES string of the molecule is CC1CN(c2nc(-c3cccnc3)nc3ccccc23)CCO1. The first kappa shape index (κ1) is 14.1. The number of para-hydroxylation sites is 1. The van der Waals surface area contributed by atoms with Crippen molar-refractivity contribution in [2.24, 2.45) is 0 Å². The fourth-order valence-corrected chi connectivity index (χ4v) is 2.94. The molecule has 0 amide bonds. The quantitative estimate of drug-likeness (QED) is 0.728. The van der Waals surface area contributed by atoms with Crippen LogP contribution < -0.4 is 4.90 Å². The van der Waals surface area contributed by atoms with Gasteiger partial charge in [-0.25, -0.2) is 9.97 Å². The number of aromatic nitrogens is 3. The lowest BCUT2D eigenvalue weighted by molar-refractivity contribution is 0.0530. The minimum Gasteiger partial charge on any atom is -0.375 e. The van der Waals surface area contributed by atoms with Crippen molar-refractivity contribution in [2.45, 2.75) is 13.0 Å². The Morgan fingerprint density at radius 2 is 2.04 bits per heavy atom. The lowest BCUT2D eigenvalue weighted by atomic mass is 10.2. The second-order valence-corrected chi connectivity index (χ2v) is 5.76. The van der Waals surface area contributed by atoms with Crippen LogP contribution in [0.5, 0.6) is 0 Å². The van der Waals surface area contributed by atoms with Crippen molar-refractivity contribution in [1.82, 2.24) is 15.0 Å². The molecule has 3 heterocycles. The van der Waals surface area contributed by atoms with Crippen molar-refractivity contribution >= 4 is 16.7 Å². The van der Waals surface area contributed by atoms with E-state index in [4.69, 9.17) is 14.7 Å². The van der Waals surface area contributed by atoms with Gasteiger partial charge >= 0.3 is 0 Å². The Labute approximate surface area is 135 Å². The predicted molar refractivity (Wildman–Crippen MR) is 90.4 cm³/mol. The van der Waals surface area contributed by atoms with Gasteiger partial charge in [-0.1, -0.05) is 12.1 Å². The molecule has 1 unspecified atom stereocenters. The number of fused-ring (bicyclic) bond motifs is 1. The van der Waals surface area contributed by atoms with Gasteiger partial charge in [-0.2, -0.15) is 0 Å². The molecule has 1 saturated heterocycles. The van der Waals surface area contributed by atoms with Crippen LogP contribution in [0.25, 0.3) is 22.3 Å². The molecule has 1 atom stereocenters. The molecule has 0 N–H and O–H groups in total. The summed E-state index contributed by atoms with van der Waals surface area (Å²) in [6.45, 7) is 4.50. The Kier molecular flexibility index (Phi) is 3.63. The van der Waals surface area contributed by atoms with Crippen LogP contribution in [0.3, 0.4) is 0 Å². The maximum Gasteiger partial charge on any atom is 0.163 e. The van der Waals surface area contributed by atoms with E-state index in [9.17, 15) is 0 Å². The molecule has 5 nitrogen and oxygen atoms in total. The van der Waals surface area contributed by atoms with Crippen LogP contribution >= 0.6 is 0 Å². The highest BCUT2D eigenvalue weighted by atomic mass is 16.5. The average molecular weight is 306 g/mol. The maximum absolute atomic E-state index is 5.66. The van der Waals surface area contributed by atoms with Crippen molar-refractivity contribution in [3.8, 4) is 11.4 Å². The van der Waals surface area contributed by atoms with E-state index in [1.54, 1.807) is 12.4 Å². The molecule has 23 heavy (non-hydrogen) atoms. The molecular formula is C18H18N4O. The van der Waals surface area contributed by atoms with Gasteiger partial charge in [0.15, 0.2) is 5.82 Å². The molecule has 0 radical (unpaired) electrons. The van der Waals surface area contributed by atoms with Gasteiger partial charge < -0.3 is 9.64 Å². The van der Waals surface area contributed by atoms with Crippen molar-refractivity contribution < 1.29 is 4.74 Å². The van der Waals surface area contributed by atoms with E-state index < -0.39 is 0 Å². The number of rotatable bonds is 2. The van der Waals surface area contributed by atoms with Gasteiger partial charge in [-0.05, 0) is 31.2 Å². The molecule has 1 fully saturated rings. The van der Waals surface area contributed by atoms with E-state index in [1.807, 2.05) is 30.3 Å². The molecule has 3 aromatic rings. The van der Waals surface area contributed by atoms with Gasteiger partial charge in [0, 0.05) is 36.4 Å². The smallest absolute Gasteiger partial charge is 0.163 e. The molecule has 4 rings (SSSR count). The minimum absolute atomic E-state index is 0.208. The van der Waals surface area contributed by atoms with Gasteiger partial charge in [-0.15, -0.1) is 0 Å². The Morgan fingerprint density at radius 3 is 2.87 bits per heavy atom. The molecule has 0 bridgehead atoms. The summed E-state index contributed by atoms with van der Waals surface area (Å²) in [6.07, 6.45) is 3.77. The second-order valence-electron chi connectivity index (χ2n) is 5.76. The van der Waals surface area contributed by atoms with Crippen molar-refractivity contribution in [3.63, 3.8) is 0 Å². The Balaban J connectivity index is 1.87. The zero-order valence-corrected chi connectivity index (χ0v) is 13.0. The topological polar surface area (TPSA) is 51.1 Å². The van der Waals surface area contributed by atoms with Crippen molar-refractivity contribution in [2.75, 3.05) is 24.6 Å². The van der Waals surface area contributed by atoms with Crippen LogP contribution in [0.2, 0.25) is 0 Å². The summed E-state index contributed by atoms with van der Waals surface area (Å²) in [4.78, 5) is 16.0. The van der Waals surface area contributed by atoms with E-state index in [0.717, 1.165) is 42.0 Å². The van der Waals surface area contributed by atoms with Crippen molar-refractivity contribution in [3.05, 3.63) is 48.8 Å². The van der Waals surface area contributed by atoms with E-state index in [-0.39, 0.29) is 6.10 Å². The standard InChI is InChI=1S/C18H18N4O/c1-13-12-22(9-10-23-13)18-15-6-2-3-7-16(15)20-17(21-18)14-5-4-8-19-11-14/h2-8,11,13H,9-10,12H2,1H3. The fourth-order valence-electron chi connectivity index (χ4n) is 2.94. The van der Waals surface area contributed by atoms with Gasteiger partial charge in [0.05, 0.1) is 18.2 Å². The highest BCUT2D eigenvalue weighted by molar-refractivity contribution is 5.91. The zero-order chi connectivity index (χ0) is 15.6. The molecule has 0 spiro atoms. The van der Waals surface area contributed by atoms with Gasteiger partial charge in [-0.3, -0.25) is 4.98 Å². The first-order valence-corrected chi connectivity index (χ1v) is 7.85. The second kappa shape index (κ2) is 5.93. The zero-order valence-electron chi connectivity index (χ0n) is 13.0. The largest absolute Gasteiger partial charge is 0.375 e. The number of benzene rings is 1. The average Bonchev–Trinajstić information content (AvgIpc) is 2.61. The van der Waals surface area contributed by atoms with Crippen molar-refractivity contribution in [1.29, 1.82) is 0 Å². The van der Waals surface area contributed by atoms with Gasteiger partial charge in [0.25, 0.3) is 0 Å². The Hall–Kier alpha value is -2.53. The Morgan fingerprint density at radius 1 is 1.13 bits per heavy atom. The summed E-state index contributed by atoms with van der Waals surface area (Å²) in [7, 11) is 0. The Bertz CT molecular complexity index is 822. The van der Waals surface area contributed by atoms with Crippen LogP contribution in [0.15, 0.2) is 48.8 Å². The van der Waals surface area contributed by atoms with E-state index in [1.165, 1.54) is 0 Å². The third-order valence-corrected chi connectivity index (χ3v) is 4.04. The molecule has 1 aliphatic heterocycles. The summed E-state index contributed by atoms with van der Waals surface area (Å²) in [5, 5.41) is 1.08. The normalized spacial score (nSPS) is 18.3. The van der Waals surface area contributed by atoms with E-state index >= 15 is 0 Å². The molecule has 2 aromatic heterocycles. The summed E-state index contributed by atoms with van der Waals surface area (Å²) in [5.74, 6) is 1.69. The lowest BCUT2D eigenvalue weighted by Gasteiger charge is -2.32. The van der Waals surface area contributed by atoms with Gasteiger partial charge in [0.2, 0.25) is 0 Å². The van der Waals surface area contributed by atoms with E-state index in [0.29, 0.717) is 5.82 Å². The number of ether oxygens (including phenoxy) is 1. The van der Waals surface area contributed by atoms with Crippen LogP contribution in [0.4, 0.5) is 5.82 Å². The molecule has 116 valence electrons. The number of hydrogen-bond donors (Lipinski definition) is 0. The summed E-state index contributed by atoms with van der Waals surface area (Å²) in [6, 6.07) is 12.0. The van der Waals surface area contributed by atoms with Gasteiger partial charge in [0.1, 0.15) is 5.82 Å². The third kappa shape index (κ3) is 2.75. The molecule has 1 aromatic carbocycles. The summed E-state index contributed by atoms with van der Waals surface area (Å²) >= 11 is 0. The first-order chi connectivity index (χ1) is 11.3. The molecule has 5 heteroatoms. The van der Waals surface area contributed by atoms with Crippen LogP contribution in [-0.4, -0.2) is 40.8 Å². The first-order valence-electron chi connectivity index (χ1n) is 7.85. The predicted octanol–water partition coefficient (Wildman–Crippen LogP) is 2.92. The molecule has 1 aliphatic rings. The number of anilines is 1. The number of nitrogens with zero attached hydrogens (tertiary/aromatic N) is 4. The van der Waals surface area contributed by atoms with E-state index in [2.05, 4.69) is 22.9 Å². The summed E-state index contributed by atoms with van der Waals surface area (Å²) in [5.41, 5.74) is 1.89. The fraction of sp³-hybridized carbons (Fsp3) is 0.278. The number of pyridine rings is 1. The lowest BCUT2D eigenvalue weighted by Crippen LogP contribution is -2.41. The molecule has 0 saturated carbocycles. The van der Waals surface area contributed by atoms with Crippen LogP contribution in [-0.2, 0) is 4.74 Å². The number of morpholine rings is 1. The van der Waals surface area contributed by atoms with Crippen LogP contribution in [0.1, 0.15) is 6.92 Å². The third-order valence-electron chi connectivity index (χ3n) is 4.04. The highest BCUT2D eigenvalue weighted by Crippen LogP contribution is 2.28. The monoisotopic (exact) mass is 306 g/mol. The minimum atomic E-state index is 0.208. The molecular weight excluding hydrogens is 288 g/mol. The highest BCUT2D eigenvalue weighted by Gasteiger charge is 2.21. The maximum atomic E-state index is 5.66.